The minimum absolute atomic E-state index is 0.184. The summed E-state index contributed by atoms with van der Waals surface area (Å²) in [7, 11) is 0. The van der Waals surface area contributed by atoms with Gasteiger partial charge in [0.2, 0.25) is 5.89 Å². The summed E-state index contributed by atoms with van der Waals surface area (Å²) >= 11 is 1.22. The van der Waals surface area contributed by atoms with Crippen LogP contribution in [0.15, 0.2) is 9.64 Å². The van der Waals surface area contributed by atoms with Gasteiger partial charge in [0.05, 0.1) is 17.9 Å². The number of thioether (sulfide) groups is 1. The van der Waals surface area contributed by atoms with Gasteiger partial charge in [0, 0.05) is 0 Å². The first kappa shape index (κ1) is 9.03. The Balaban J connectivity index is 2.59. The van der Waals surface area contributed by atoms with E-state index in [1.54, 1.807) is 6.92 Å². The van der Waals surface area contributed by atoms with E-state index >= 15 is 0 Å². The summed E-state index contributed by atoms with van der Waals surface area (Å²) in [6.07, 6.45) is 0. The highest BCUT2D eigenvalue weighted by molar-refractivity contribution is 7.99. The van der Waals surface area contributed by atoms with Crippen LogP contribution in [0, 0.1) is 11.3 Å². The van der Waals surface area contributed by atoms with Crippen molar-refractivity contribution in [2.75, 3.05) is 0 Å². The molecule has 0 saturated heterocycles. The Morgan fingerprint density at radius 1 is 1.75 bits per heavy atom. The van der Waals surface area contributed by atoms with E-state index in [-0.39, 0.29) is 11.8 Å². The van der Waals surface area contributed by atoms with Gasteiger partial charge < -0.3 is 10.2 Å². The van der Waals surface area contributed by atoms with E-state index in [0.717, 1.165) is 0 Å². The highest BCUT2D eigenvalue weighted by Crippen LogP contribution is 2.20. The fraction of sp³-hybridized carbons (Fsp3) is 0.500. The molecule has 0 aliphatic heterocycles. The van der Waals surface area contributed by atoms with Crippen molar-refractivity contribution in [1.29, 1.82) is 5.26 Å². The highest BCUT2D eigenvalue weighted by Gasteiger charge is 2.09. The Kier molecular flexibility index (Phi) is 3.08. The van der Waals surface area contributed by atoms with E-state index in [0.29, 0.717) is 11.1 Å². The molecule has 64 valence electrons. The van der Waals surface area contributed by atoms with Crippen LogP contribution >= 0.6 is 11.8 Å². The molecule has 6 heteroatoms. The molecule has 1 unspecified atom stereocenters. The number of rotatable bonds is 3. The van der Waals surface area contributed by atoms with Crippen LogP contribution in [0.5, 0.6) is 0 Å². The Morgan fingerprint density at radius 3 is 3.00 bits per heavy atom. The number of hydrogen-bond donors (Lipinski definition) is 1. The summed E-state index contributed by atoms with van der Waals surface area (Å²) in [5, 5.41) is 16.0. The van der Waals surface area contributed by atoms with E-state index in [9.17, 15) is 0 Å². The summed E-state index contributed by atoms with van der Waals surface area (Å²) < 4.78 is 5.07. The lowest BCUT2D eigenvalue weighted by Gasteiger charge is -1.93. The molecule has 1 atom stereocenters. The third kappa shape index (κ3) is 2.22. The average Bonchev–Trinajstić information content (AvgIpc) is 2.52. The van der Waals surface area contributed by atoms with E-state index < -0.39 is 0 Å². The normalized spacial score (nSPS) is 12.4. The number of nitrogens with zero attached hydrogens (tertiary/aromatic N) is 3. The highest BCUT2D eigenvalue weighted by atomic mass is 32.2. The summed E-state index contributed by atoms with van der Waals surface area (Å²) in [5.41, 5.74) is 5.26. The molecular weight excluding hydrogens is 176 g/mol. The van der Waals surface area contributed by atoms with Crippen LogP contribution in [-0.2, 0) is 6.54 Å². The lowest BCUT2D eigenvalue weighted by Crippen LogP contribution is -1.95. The second-order valence-electron chi connectivity index (χ2n) is 2.06. The van der Waals surface area contributed by atoms with Crippen LogP contribution in [-0.4, -0.2) is 15.4 Å². The largest absolute Gasteiger partial charge is 0.415 e. The average molecular weight is 184 g/mol. The predicted octanol–water partition coefficient (Wildman–Crippen LogP) is 0.532. The minimum Gasteiger partial charge on any atom is -0.415 e. The summed E-state index contributed by atoms with van der Waals surface area (Å²) in [6.45, 7) is 1.99. The van der Waals surface area contributed by atoms with Crippen molar-refractivity contribution in [1.82, 2.24) is 10.2 Å². The lowest BCUT2D eigenvalue weighted by molar-refractivity contribution is 0.414. The van der Waals surface area contributed by atoms with Gasteiger partial charge in [0.1, 0.15) is 0 Å². The number of nitriles is 1. The lowest BCUT2D eigenvalue weighted by atomic mass is 10.5. The third-order valence-corrected chi connectivity index (χ3v) is 1.91. The maximum absolute atomic E-state index is 8.47. The summed E-state index contributed by atoms with van der Waals surface area (Å²) in [4.78, 5) is 0. The van der Waals surface area contributed by atoms with Crippen molar-refractivity contribution in [3.63, 3.8) is 0 Å². The molecule has 2 N–H and O–H groups in total. The molecular formula is C6H8N4OS. The van der Waals surface area contributed by atoms with E-state index in [2.05, 4.69) is 10.2 Å². The Hall–Kier alpha value is -1.06. The predicted molar refractivity (Wildman–Crippen MR) is 43.1 cm³/mol. The van der Waals surface area contributed by atoms with Gasteiger partial charge in [-0.05, 0) is 18.7 Å². The molecule has 5 nitrogen and oxygen atoms in total. The quantitative estimate of drug-likeness (QED) is 0.689. The van der Waals surface area contributed by atoms with E-state index in [1.165, 1.54) is 11.8 Å². The molecule has 1 aromatic heterocycles. The molecule has 0 fully saturated rings. The number of hydrogen-bond acceptors (Lipinski definition) is 6. The van der Waals surface area contributed by atoms with E-state index in [1.807, 2.05) is 6.07 Å². The third-order valence-electron chi connectivity index (χ3n) is 1.08. The minimum atomic E-state index is -0.184. The SMILES string of the molecule is CC(C#N)Sc1nnc(CN)o1. The van der Waals surface area contributed by atoms with Crippen LogP contribution in [0.1, 0.15) is 12.8 Å². The Morgan fingerprint density at radius 2 is 2.50 bits per heavy atom. The molecule has 1 heterocycles. The van der Waals surface area contributed by atoms with Crippen LogP contribution < -0.4 is 5.73 Å². The second kappa shape index (κ2) is 4.09. The molecule has 0 aliphatic carbocycles. The summed E-state index contributed by atoms with van der Waals surface area (Å²) in [5.74, 6) is 0.391. The molecule has 0 aliphatic rings. The van der Waals surface area contributed by atoms with Gasteiger partial charge >= 0.3 is 0 Å². The van der Waals surface area contributed by atoms with Crippen molar-refractivity contribution in [3.8, 4) is 6.07 Å². The second-order valence-corrected chi connectivity index (χ2v) is 3.35. The molecule has 1 aromatic rings. The van der Waals surface area contributed by atoms with Crippen molar-refractivity contribution >= 4 is 11.8 Å². The topological polar surface area (TPSA) is 88.7 Å². The van der Waals surface area contributed by atoms with Crippen molar-refractivity contribution in [3.05, 3.63) is 5.89 Å². The first-order chi connectivity index (χ1) is 5.76. The van der Waals surface area contributed by atoms with Crippen molar-refractivity contribution < 1.29 is 4.42 Å². The molecule has 0 bridgehead atoms. The van der Waals surface area contributed by atoms with Gasteiger partial charge in [-0.1, -0.05) is 0 Å². The fourth-order valence-corrected chi connectivity index (χ4v) is 1.13. The first-order valence-electron chi connectivity index (χ1n) is 3.35. The van der Waals surface area contributed by atoms with Gasteiger partial charge in [0.25, 0.3) is 5.22 Å². The van der Waals surface area contributed by atoms with Crippen molar-refractivity contribution in [2.45, 2.75) is 23.9 Å². The zero-order valence-electron chi connectivity index (χ0n) is 6.52. The van der Waals surface area contributed by atoms with Gasteiger partial charge in [-0.2, -0.15) is 5.26 Å². The zero-order valence-corrected chi connectivity index (χ0v) is 7.34. The number of aromatic nitrogens is 2. The van der Waals surface area contributed by atoms with Crippen LogP contribution in [0.4, 0.5) is 0 Å². The van der Waals surface area contributed by atoms with Crippen LogP contribution in [0.2, 0.25) is 0 Å². The monoisotopic (exact) mass is 184 g/mol. The molecule has 0 aromatic carbocycles. The smallest absolute Gasteiger partial charge is 0.277 e. The molecule has 12 heavy (non-hydrogen) atoms. The molecule has 1 rings (SSSR count). The van der Waals surface area contributed by atoms with Gasteiger partial charge in [0.15, 0.2) is 0 Å². The van der Waals surface area contributed by atoms with E-state index in [4.69, 9.17) is 15.4 Å². The molecule has 0 saturated carbocycles. The molecule has 0 amide bonds. The standard InChI is InChI=1S/C6H8N4OS/c1-4(2-7)12-6-10-9-5(3-8)11-6/h4H,3,8H2,1H3. The maximum atomic E-state index is 8.47. The Bertz CT molecular complexity index is 292. The number of nitrogens with two attached hydrogens (primary N) is 1. The van der Waals surface area contributed by atoms with Gasteiger partial charge in [-0.3, -0.25) is 0 Å². The maximum Gasteiger partial charge on any atom is 0.277 e. The first-order valence-corrected chi connectivity index (χ1v) is 4.23. The zero-order chi connectivity index (χ0) is 8.97. The summed E-state index contributed by atoms with van der Waals surface area (Å²) in [6, 6.07) is 2.04. The van der Waals surface area contributed by atoms with Crippen molar-refractivity contribution in [2.24, 2.45) is 5.73 Å². The molecule has 0 spiro atoms. The fourth-order valence-electron chi connectivity index (χ4n) is 0.546. The van der Waals surface area contributed by atoms with Gasteiger partial charge in [-0.15, -0.1) is 10.2 Å². The molecule has 0 radical (unpaired) electrons. The Labute approximate surface area is 73.9 Å². The van der Waals surface area contributed by atoms with Crippen LogP contribution in [0.25, 0.3) is 0 Å². The van der Waals surface area contributed by atoms with Crippen LogP contribution in [0.3, 0.4) is 0 Å². The van der Waals surface area contributed by atoms with Gasteiger partial charge in [-0.25, -0.2) is 0 Å².